The smallest absolute Gasteiger partial charge is 0.346 e. The Labute approximate surface area is 151 Å². The number of ether oxygens (including phenoxy) is 1. The van der Waals surface area contributed by atoms with Crippen LogP contribution in [0.1, 0.15) is 39.4 Å². The molecule has 0 radical (unpaired) electrons. The van der Waals surface area contributed by atoms with Gasteiger partial charge in [-0.25, -0.2) is 9.78 Å². The molecule has 1 aromatic rings. The standard InChI is InChI=1S/C15H26N4O3S2/c1-7-22-11(20)9-8-10-24-13-16-12(15(2,3)23-6)17-19(13)14(21)18(4)5/h7-10H2,1-6H3. The van der Waals surface area contributed by atoms with E-state index in [9.17, 15) is 9.59 Å². The van der Waals surface area contributed by atoms with Crippen molar-refractivity contribution in [1.29, 1.82) is 0 Å². The Morgan fingerprint density at radius 2 is 2.00 bits per heavy atom. The average molecular weight is 375 g/mol. The third-order valence-corrected chi connectivity index (χ3v) is 5.47. The van der Waals surface area contributed by atoms with Crippen LogP contribution in [0, 0.1) is 0 Å². The van der Waals surface area contributed by atoms with Gasteiger partial charge in [-0.05, 0) is 33.4 Å². The van der Waals surface area contributed by atoms with Gasteiger partial charge < -0.3 is 9.64 Å². The van der Waals surface area contributed by atoms with Crippen molar-refractivity contribution in [2.45, 2.75) is 43.5 Å². The first-order chi connectivity index (χ1) is 11.2. The monoisotopic (exact) mass is 374 g/mol. The molecular weight excluding hydrogens is 348 g/mol. The van der Waals surface area contributed by atoms with Crippen molar-refractivity contribution in [3.05, 3.63) is 5.82 Å². The van der Waals surface area contributed by atoms with E-state index in [1.165, 1.54) is 21.3 Å². The number of nitrogens with zero attached hydrogens (tertiary/aromatic N) is 4. The summed E-state index contributed by atoms with van der Waals surface area (Å²) in [6.45, 7) is 6.22. The number of carbonyl (C=O) groups excluding carboxylic acids is 2. The number of amides is 1. The molecule has 24 heavy (non-hydrogen) atoms. The van der Waals surface area contributed by atoms with Crippen molar-refractivity contribution in [3.8, 4) is 0 Å². The first kappa shape index (κ1) is 20.8. The van der Waals surface area contributed by atoms with Crippen LogP contribution in [0.25, 0.3) is 0 Å². The molecule has 0 N–H and O–H groups in total. The van der Waals surface area contributed by atoms with E-state index in [1.54, 1.807) is 32.8 Å². The van der Waals surface area contributed by atoms with Gasteiger partial charge in [0, 0.05) is 26.3 Å². The van der Waals surface area contributed by atoms with Crippen LogP contribution in [0.3, 0.4) is 0 Å². The van der Waals surface area contributed by atoms with E-state index < -0.39 is 0 Å². The van der Waals surface area contributed by atoms with Gasteiger partial charge in [-0.15, -0.1) is 5.10 Å². The summed E-state index contributed by atoms with van der Waals surface area (Å²) in [4.78, 5) is 29.7. The van der Waals surface area contributed by atoms with Crippen molar-refractivity contribution >= 4 is 35.5 Å². The maximum atomic E-state index is 12.3. The molecule has 0 spiro atoms. The molecule has 0 saturated heterocycles. The second-order valence-corrected chi connectivity index (χ2v) is 8.27. The summed E-state index contributed by atoms with van der Waals surface area (Å²) in [5.74, 6) is 1.09. The zero-order valence-corrected chi connectivity index (χ0v) is 16.8. The van der Waals surface area contributed by atoms with Crippen LogP contribution < -0.4 is 0 Å². The SMILES string of the molecule is CCOC(=O)CCCSc1nc(C(C)(C)SC)nn1C(=O)N(C)C. The number of rotatable bonds is 8. The number of carbonyl (C=O) groups is 2. The normalized spacial score (nSPS) is 11.4. The molecule has 1 amide bonds. The minimum absolute atomic E-state index is 0.201. The topological polar surface area (TPSA) is 77.3 Å². The summed E-state index contributed by atoms with van der Waals surface area (Å²) in [5.41, 5.74) is 0. The molecule has 9 heteroatoms. The van der Waals surface area contributed by atoms with Crippen LogP contribution in [0.5, 0.6) is 0 Å². The van der Waals surface area contributed by atoms with Gasteiger partial charge in [0.2, 0.25) is 0 Å². The third-order valence-electron chi connectivity index (χ3n) is 3.25. The lowest BCUT2D eigenvalue weighted by atomic mass is 10.2. The summed E-state index contributed by atoms with van der Waals surface area (Å²) in [5, 5.41) is 4.95. The molecule has 0 unspecified atom stereocenters. The van der Waals surface area contributed by atoms with Gasteiger partial charge in [-0.1, -0.05) is 11.8 Å². The highest BCUT2D eigenvalue weighted by Crippen LogP contribution is 2.32. The molecule has 0 fully saturated rings. The van der Waals surface area contributed by atoms with E-state index in [0.29, 0.717) is 36.2 Å². The highest BCUT2D eigenvalue weighted by atomic mass is 32.2. The van der Waals surface area contributed by atoms with Gasteiger partial charge in [-0.3, -0.25) is 4.79 Å². The number of hydrogen-bond donors (Lipinski definition) is 0. The Kier molecular flexibility index (Phi) is 8.08. The second-order valence-electron chi connectivity index (χ2n) is 5.78. The number of thioether (sulfide) groups is 2. The van der Waals surface area contributed by atoms with E-state index >= 15 is 0 Å². The summed E-state index contributed by atoms with van der Waals surface area (Å²) < 4.78 is 5.96. The Balaban J connectivity index is 2.83. The molecule has 0 aliphatic heterocycles. The van der Waals surface area contributed by atoms with E-state index in [1.807, 2.05) is 20.1 Å². The van der Waals surface area contributed by atoms with Gasteiger partial charge in [0.25, 0.3) is 0 Å². The van der Waals surface area contributed by atoms with Crippen LogP contribution >= 0.6 is 23.5 Å². The number of esters is 1. The molecule has 0 saturated carbocycles. The maximum absolute atomic E-state index is 12.3. The van der Waals surface area contributed by atoms with Gasteiger partial charge in [0.05, 0.1) is 11.4 Å². The zero-order chi connectivity index (χ0) is 18.3. The van der Waals surface area contributed by atoms with Crippen molar-refractivity contribution in [3.63, 3.8) is 0 Å². The predicted octanol–water partition coefficient (Wildman–Crippen LogP) is 2.84. The fourth-order valence-corrected chi connectivity index (χ4v) is 2.80. The minimum Gasteiger partial charge on any atom is -0.466 e. The van der Waals surface area contributed by atoms with Crippen molar-refractivity contribution in [2.24, 2.45) is 0 Å². The molecule has 1 heterocycles. The summed E-state index contributed by atoms with van der Waals surface area (Å²) in [6, 6.07) is -0.237. The van der Waals surface area contributed by atoms with Crippen molar-refractivity contribution < 1.29 is 14.3 Å². The molecule has 136 valence electrons. The van der Waals surface area contributed by atoms with Crippen LogP contribution in [-0.4, -0.2) is 64.4 Å². The molecule has 0 aromatic carbocycles. The van der Waals surface area contributed by atoms with Gasteiger partial charge in [0.1, 0.15) is 0 Å². The van der Waals surface area contributed by atoms with Crippen LogP contribution in [-0.2, 0) is 14.3 Å². The highest BCUT2D eigenvalue weighted by Gasteiger charge is 2.28. The summed E-state index contributed by atoms with van der Waals surface area (Å²) in [7, 11) is 3.36. The van der Waals surface area contributed by atoms with Crippen molar-refractivity contribution in [2.75, 3.05) is 32.7 Å². The predicted molar refractivity (Wildman–Crippen MR) is 97.6 cm³/mol. The molecule has 7 nitrogen and oxygen atoms in total. The lowest BCUT2D eigenvalue weighted by molar-refractivity contribution is -0.143. The van der Waals surface area contributed by atoms with E-state index in [0.717, 1.165) is 0 Å². The fraction of sp³-hybridized carbons (Fsp3) is 0.733. The fourth-order valence-electron chi connectivity index (χ4n) is 1.66. The van der Waals surface area contributed by atoms with Crippen LogP contribution in [0.4, 0.5) is 4.79 Å². The number of aromatic nitrogens is 3. The Morgan fingerprint density at radius 1 is 1.33 bits per heavy atom. The van der Waals surface area contributed by atoms with Gasteiger partial charge in [-0.2, -0.15) is 16.4 Å². The van der Waals surface area contributed by atoms with Crippen molar-refractivity contribution in [1.82, 2.24) is 19.7 Å². The minimum atomic E-state index is -0.280. The molecule has 1 aromatic heterocycles. The highest BCUT2D eigenvalue weighted by molar-refractivity contribution is 7.99. The molecule has 0 atom stereocenters. The largest absolute Gasteiger partial charge is 0.466 e. The summed E-state index contributed by atoms with van der Waals surface area (Å²) in [6.07, 6.45) is 3.01. The lowest BCUT2D eigenvalue weighted by Gasteiger charge is -2.17. The summed E-state index contributed by atoms with van der Waals surface area (Å²) >= 11 is 3.05. The second kappa shape index (κ2) is 9.31. The Morgan fingerprint density at radius 3 is 2.54 bits per heavy atom. The quantitative estimate of drug-likeness (QED) is 0.393. The van der Waals surface area contributed by atoms with Crippen LogP contribution in [0.15, 0.2) is 5.16 Å². The maximum Gasteiger partial charge on any atom is 0.346 e. The molecular formula is C15H26N4O3S2. The van der Waals surface area contributed by atoms with Gasteiger partial charge in [0.15, 0.2) is 11.0 Å². The first-order valence-corrected chi connectivity index (χ1v) is 9.96. The lowest BCUT2D eigenvalue weighted by Crippen LogP contribution is -2.29. The van der Waals surface area contributed by atoms with Crippen LogP contribution in [0.2, 0.25) is 0 Å². The molecule has 0 aliphatic carbocycles. The average Bonchev–Trinajstić information content (AvgIpc) is 2.95. The van der Waals surface area contributed by atoms with E-state index in [2.05, 4.69) is 10.1 Å². The molecule has 1 rings (SSSR count). The van der Waals surface area contributed by atoms with E-state index in [-0.39, 0.29) is 16.7 Å². The number of hydrogen-bond acceptors (Lipinski definition) is 7. The van der Waals surface area contributed by atoms with E-state index in [4.69, 9.17) is 4.74 Å². The Hall–Kier alpha value is -1.22. The molecule has 0 aliphatic rings. The van der Waals surface area contributed by atoms with Gasteiger partial charge >= 0.3 is 12.0 Å². The zero-order valence-electron chi connectivity index (χ0n) is 15.2. The molecule has 0 bridgehead atoms. The Bertz CT molecular complexity index is 573. The third kappa shape index (κ3) is 5.70. The first-order valence-electron chi connectivity index (χ1n) is 7.75.